The number of hydrogen-bond donors (Lipinski definition) is 2. The molecular weight excluding hydrogens is 164 g/mol. The van der Waals surface area contributed by atoms with Crippen LogP contribution in [0.1, 0.15) is 19.8 Å². The van der Waals surface area contributed by atoms with Crippen molar-refractivity contribution in [1.82, 2.24) is 10.6 Å². The molecule has 0 saturated heterocycles. The number of terminal acetylenes is 1. The fraction of sp³-hybridized carbons (Fsp3) is 0.700. The fourth-order valence-corrected chi connectivity index (χ4v) is 0.975. The predicted octanol–water partition coefficient (Wildman–Crippen LogP) is 0.372. The maximum absolute atomic E-state index is 11.3. The minimum atomic E-state index is 0.0239. The first-order valence-corrected chi connectivity index (χ1v) is 4.58. The van der Waals surface area contributed by atoms with Crippen LogP contribution in [0.2, 0.25) is 0 Å². The van der Waals surface area contributed by atoms with Crippen LogP contribution >= 0.6 is 0 Å². The number of carbonyl (C=O) groups excluding carboxylic acids is 1. The normalized spacial score (nSPS) is 11.8. The van der Waals surface area contributed by atoms with E-state index >= 15 is 0 Å². The minimum Gasteiger partial charge on any atom is -0.356 e. The molecule has 0 fully saturated rings. The molecule has 0 aromatic carbocycles. The molecule has 0 aliphatic rings. The van der Waals surface area contributed by atoms with Gasteiger partial charge in [0.05, 0.1) is 0 Å². The standard InChI is InChI=1S/C10H18N2O/c1-4-5-6-7-12-10(13)9(2)8-11-3/h1,9,11H,5-8H2,2-3H3,(H,12,13). The Morgan fingerprint density at radius 3 is 2.85 bits per heavy atom. The molecule has 0 heterocycles. The van der Waals surface area contributed by atoms with Crippen molar-refractivity contribution >= 4 is 5.91 Å². The molecule has 0 aromatic rings. The van der Waals surface area contributed by atoms with Crippen LogP contribution < -0.4 is 10.6 Å². The fourth-order valence-electron chi connectivity index (χ4n) is 0.975. The molecule has 2 N–H and O–H groups in total. The summed E-state index contributed by atoms with van der Waals surface area (Å²) in [4.78, 5) is 11.3. The quantitative estimate of drug-likeness (QED) is 0.460. The first kappa shape index (κ1) is 12.0. The van der Waals surface area contributed by atoms with E-state index in [4.69, 9.17) is 6.42 Å². The second-order valence-electron chi connectivity index (χ2n) is 3.06. The average molecular weight is 182 g/mol. The lowest BCUT2D eigenvalue weighted by atomic mass is 10.1. The first-order chi connectivity index (χ1) is 6.22. The van der Waals surface area contributed by atoms with Crippen LogP contribution in [0, 0.1) is 18.3 Å². The van der Waals surface area contributed by atoms with E-state index in [2.05, 4.69) is 16.6 Å². The Hall–Kier alpha value is -1.01. The molecule has 1 atom stereocenters. The number of carbonyl (C=O) groups is 1. The number of nitrogens with one attached hydrogen (secondary N) is 2. The zero-order valence-corrected chi connectivity index (χ0v) is 8.39. The molecule has 3 nitrogen and oxygen atoms in total. The van der Waals surface area contributed by atoms with Crippen molar-refractivity contribution in [3.05, 3.63) is 0 Å². The van der Waals surface area contributed by atoms with Gasteiger partial charge in [0.2, 0.25) is 5.91 Å². The summed E-state index contributed by atoms with van der Waals surface area (Å²) in [7, 11) is 1.84. The summed E-state index contributed by atoms with van der Waals surface area (Å²) in [5, 5.41) is 5.78. The highest BCUT2D eigenvalue weighted by Crippen LogP contribution is 1.92. The van der Waals surface area contributed by atoms with Crippen molar-refractivity contribution in [3.8, 4) is 12.3 Å². The Bertz CT molecular complexity index is 184. The van der Waals surface area contributed by atoms with Gasteiger partial charge in [-0.3, -0.25) is 4.79 Å². The van der Waals surface area contributed by atoms with E-state index in [9.17, 15) is 4.79 Å². The molecule has 13 heavy (non-hydrogen) atoms. The van der Waals surface area contributed by atoms with Gasteiger partial charge in [-0.05, 0) is 13.5 Å². The van der Waals surface area contributed by atoms with E-state index in [0.29, 0.717) is 13.1 Å². The van der Waals surface area contributed by atoms with Crippen LogP contribution in [0.4, 0.5) is 0 Å². The van der Waals surface area contributed by atoms with Gasteiger partial charge in [-0.25, -0.2) is 0 Å². The largest absolute Gasteiger partial charge is 0.356 e. The molecule has 1 unspecified atom stereocenters. The van der Waals surface area contributed by atoms with Gasteiger partial charge >= 0.3 is 0 Å². The zero-order chi connectivity index (χ0) is 10.1. The molecule has 0 radical (unpaired) electrons. The van der Waals surface area contributed by atoms with Crippen molar-refractivity contribution < 1.29 is 4.79 Å². The molecule has 0 bridgehead atoms. The van der Waals surface area contributed by atoms with E-state index in [0.717, 1.165) is 12.8 Å². The molecule has 0 aromatic heterocycles. The Balaban J connectivity index is 3.45. The lowest BCUT2D eigenvalue weighted by Gasteiger charge is -2.10. The van der Waals surface area contributed by atoms with Crippen molar-refractivity contribution in [2.24, 2.45) is 5.92 Å². The second kappa shape index (κ2) is 7.63. The van der Waals surface area contributed by atoms with Crippen LogP contribution in [0.3, 0.4) is 0 Å². The van der Waals surface area contributed by atoms with Gasteiger partial charge in [0.15, 0.2) is 0 Å². The smallest absolute Gasteiger partial charge is 0.224 e. The predicted molar refractivity (Wildman–Crippen MR) is 54.2 cm³/mol. The maximum Gasteiger partial charge on any atom is 0.224 e. The van der Waals surface area contributed by atoms with E-state index in [-0.39, 0.29) is 11.8 Å². The number of unbranched alkanes of at least 4 members (excludes halogenated alkanes) is 1. The minimum absolute atomic E-state index is 0.0239. The van der Waals surface area contributed by atoms with E-state index < -0.39 is 0 Å². The molecule has 0 aliphatic heterocycles. The Morgan fingerprint density at radius 1 is 1.62 bits per heavy atom. The third kappa shape index (κ3) is 6.18. The summed E-state index contributed by atoms with van der Waals surface area (Å²) in [5.74, 6) is 2.65. The topological polar surface area (TPSA) is 41.1 Å². The lowest BCUT2D eigenvalue weighted by molar-refractivity contribution is -0.124. The number of rotatable bonds is 6. The summed E-state index contributed by atoms with van der Waals surface area (Å²) in [6.45, 7) is 3.28. The SMILES string of the molecule is C#CCCCNC(=O)C(C)CNC. The highest BCUT2D eigenvalue weighted by Gasteiger charge is 2.09. The molecule has 0 saturated carbocycles. The number of hydrogen-bond acceptors (Lipinski definition) is 2. The first-order valence-electron chi connectivity index (χ1n) is 4.58. The van der Waals surface area contributed by atoms with Gasteiger partial charge in [-0.2, -0.15) is 0 Å². The van der Waals surface area contributed by atoms with E-state index in [1.54, 1.807) is 0 Å². The van der Waals surface area contributed by atoms with Gasteiger partial charge < -0.3 is 10.6 Å². The second-order valence-corrected chi connectivity index (χ2v) is 3.06. The summed E-state index contributed by atoms with van der Waals surface area (Å²) in [6.07, 6.45) is 6.66. The van der Waals surface area contributed by atoms with Gasteiger partial charge in [0, 0.05) is 25.4 Å². The van der Waals surface area contributed by atoms with Gasteiger partial charge in [-0.1, -0.05) is 6.92 Å². The molecule has 74 valence electrons. The highest BCUT2D eigenvalue weighted by molar-refractivity contribution is 5.78. The Morgan fingerprint density at radius 2 is 2.31 bits per heavy atom. The highest BCUT2D eigenvalue weighted by atomic mass is 16.1. The monoisotopic (exact) mass is 182 g/mol. The third-order valence-corrected chi connectivity index (χ3v) is 1.76. The summed E-state index contributed by atoms with van der Waals surface area (Å²) in [5.41, 5.74) is 0. The molecular formula is C10H18N2O. The van der Waals surface area contributed by atoms with Crippen LogP contribution in [0.25, 0.3) is 0 Å². The molecule has 0 rings (SSSR count). The molecule has 3 heteroatoms. The molecule has 0 aliphatic carbocycles. The maximum atomic E-state index is 11.3. The van der Waals surface area contributed by atoms with Gasteiger partial charge in [-0.15, -0.1) is 12.3 Å². The van der Waals surface area contributed by atoms with Crippen molar-refractivity contribution in [2.45, 2.75) is 19.8 Å². The van der Waals surface area contributed by atoms with E-state index in [1.807, 2.05) is 14.0 Å². The Kier molecular flexibility index (Phi) is 7.04. The van der Waals surface area contributed by atoms with Crippen molar-refractivity contribution in [1.29, 1.82) is 0 Å². The summed E-state index contributed by atoms with van der Waals surface area (Å²) < 4.78 is 0. The zero-order valence-electron chi connectivity index (χ0n) is 8.39. The van der Waals surface area contributed by atoms with Crippen molar-refractivity contribution in [2.75, 3.05) is 20.1 Å². The van der Waals surface area contributed by atoms with E-state index in [1.165, 1.54) is 0 Å². The lowest BCUT2D eigenvalue weighted by Crippen LogP contribution is -2.34. The summed E-state index contributed by atoms with van der Waals surface area (Å²) in [6, 6.07) is 0. The van der Waals surface area contributed by atoms with Crippen molar-refractivity contribution in [3.63, 3.8) is 0 Å². The Labute approximate surface area is 80.3 Å². The average Bonchev–Trinajstić information content (AvgIpc) is 2.12. The van der Waals surface area contributed by atoms with Crippen LogP contribution in [-0.4, -0.2) is 26.0 Å². The molecule has 1 amide bonds. The van der Waals surface area contributed by atoms with Gasteiger partial charge in [0.1, 0.15) is 0 Å². The van der Waals surface area contributed by atoms with Crippen LogP contribution in [0.15, 0.2) is 0 Å². The number of amides is 1. The van der Waals surface area contributed by atoms with Crippen LogP contribution in [-0.2, 0) is 4.79 Å². The molecule has 0 spiro atoms. The van der Waals surface area contributed by atoms with Gasteiger partial charge in [0.25, 0.3) is 0 Å². The third-order valence-electron chi connectivity index (χ3n) is 1.76. The van der Waals surface area contributed by atoms with Crippen LogP contribution in [0.5, 0.6) is 0 Å². The summed E-state index contributed by atoms with van der Waals surface area (Å²) >= 11 is 0.